The molecule has 1 heterocycles. The number of rotatable bonds is 7. The van der Waals surface area contributed by atoms with Gasteiger partial charge >= 0.3 is 5.97 Å². The van der Waals surface area contributed by atoms with Crippen LogP contribution in [0.4, 0.5) is 0 Å². The molecule has 1 aliphatic heterocycles. The highest BCUT2D eigenvalue weighted by atomic mass is 16.6. The molecule has 1 aromatic rings. The maximum atomic E-state index is 13.3. The number of hydrogen-bond acceptors (Lipinski definition) is 7. The summed E-state index contributed by atoms with van der Waals surface area (Å²) in [6, 6.07) is 5.50. The van der Waals surface area contributed by atoms with E-state index >= 15 is 0 Å². The first-order valence-electron chi connectivity index (χ1n) is 10.4. The molecule has 0 saturated carbocycles. The van der Waals surface area contributed by atoms with E-state index < -0.39 is 17.8 Å². The first kappa shape index (κ1) is 23.0. The van der Waals surface area contributed by atoms with Gasteiger partial charge in [-0.3, -0.25) is 14.6 Å². The van der Waals surface area contributed by atoms with Gasteiger partial charge in [0.25, 0.3) is 0 Å². The second-order valence-electron chi connectivity index (χ2n) is 8.75. The fraction of sp³-hybridized carbons (Fsp3) is 0.542. The van der Waals surface area contributed by atoms with Crippen molar-refractivity contribution in [3.05, 3.63) is 35.0 Å². The lowest BCUT2D eigenvalue weighted by Crippen LogP contribution is -2.40. The predicted octanol–water partition coefficient (Wildman–Crippen LogP) is 3.71. The number of Topliss-reactive ketones (excluding diaryl/α,β-unsaturated/α-hetero) is 1. The molecule has 7 heteroatoms. The summed E-state index contributed by atoms with van der Waals surface area (Å²) in [7, 11) is 4.66. The minimum Gasteiger partial charge on any atom is -0.493 e. The average Bonchev–Trinajstić information content (AvgIpc) is 2.71. The Balaban J connectivity index is 2.18. The average molecular weight is 430 g/mol. The van der Waals surface area contributed by atoms with Crippen LogP contribution in [0.15, 0.2) is 34.5 Å². The predicted molar refractivity (Wildman–Crippen MR) is 117 cm³/mol. The molecule has 2 aliphatic rings. The summed E-state index contributed by atoms with van der Waals surface area (Å²) in [5.41, 5.74) is 2.47. The lowest BCUT2D eigenvalue weighted by atomic mass is 9.66. The monoisotopic (exact) mass is 429 g/mol. The summed E-state index contributed by atoms with van der Waals surface area (Å²) < 4.78 is 21.6. The van der Waals surface area contributed by atoms with Crippen molar-refractivity contribution in [2.75, 3.05) is 34.5 Å². The van der Waals surface area contributed by atoms with Crippen LogP contribution < -0.4 is 9.47 Å². The van der Waals surface area contributed by atoms with Crippen molar-refractivity contribution in [2.45, 2.75) is 39.5 Å². The minimum atomic E-state index is -0.734. The Morgan fingerprint density at radius 3 is 2.52 bits per heavy atom. The summed E-state index contributed by atoms with van der Waals surface area (Å²) in [5.74, 6) is -0.677. The lowest BCUT2D eigenvalue weighted by molar-refractivity contribution is -0.147. The zero-order chi connectivity index (χ0) is 22.8. The zero-order valence-corrected chi connectivity index (χ0v) is 19.1. The molecule has 168 valence electrons. The zero-order valence-electron chi connectivity index (χ0n) is 19.1. The molecular formula is C24H31NO6. The summed E-state index contributed by atoms with van der Waals surface area (Å²) in [5, 5.41) is 0. The number of ether oxygens (including phenoxy) is 4. The van der Waals surface area contributed by atoms with Crippen LogP contribution in [-0.4, -0.2) is 52.0 Å². The molecule has 0 radical (unpaired) electrons. The van der Waals surface area contributed by atoms with Crippen LogP contribution in [0.2, 0.25) is 0 Å². The van der Waals surface area contributed by atoms with E-state index in [1.165, 1.54) is 0 Å². The molecule has 0 amide bonds. The maximum Gasteiger partial charge on any atom is 0.315 e. The van der Waals surface area contributed by atoms with Crippen molar-refractivity contribution < 1.29 is 28.5 Å². The number of esters is 1. The number of ketones is 1. The first-order chi connectivity index (χ1) is 14.7. The van der Waals surface area contributed by atoms with Gasteiger partial charge in [0.05, 0.1) is 20.8 Å². The quantitative estimate of drug-likeness (QED) is 0.485. The fourth-order valence-corrected chi connectivity index (χ4v) is 4.56. The van der Waals surface area contributed by atoms with Crippen LogP contribution in [-0.2, 0) is 19.1 Å². The highest BCUT2D eigenvalue weighted by molar-refractivity contribution is 6.09. The topological polar surface area (TPSA) is 83.4 Å². The molecule has 1 unspecified atom stereocenters. The van der Waals surface area contributed by atoms with E-state index in [4.69, 9.17) is 23.9 Å². The highest BCUT2D eigenvalue weighted by Gasteiger charge is 2.47. The van der Waals surface area contributed by atoms with E-state index in [0.29, 0.717) is 47.8 Å². The van der Waals surface area contributed by atoms with Crippen LogP contribution in [0.5, 0.6) is 11.5 Å². The SMILES string of the molecule is COCCOC(=O)C1C(C)=NC2=C(C(=O)CC(C)(C)C2)[C@H]1c1cccc(OC)c1OC. The van der Waals surface area contributed by atoms with Crippen molar-refractivity contribution >= 4 is 17.5 Å². The second kappa shape index (κ2) is 9.22. The number of carbonyl (C=O) groups is 2. The van der Waals surface area contributed by atoms with E-state index in [1.54, 1.807) is 27.4 Å². The third-order valence-corrected chi connectivity index (χ3v) is 5.86. The van der Waals surface area contributed by atoms with Gasteiger partial charge < -0.3 is 18.9 Å². The number of methoxy groups -OCH3 is 3. The molecule has 1 aliphatic carbocycles. The number of aliphatic imine (C=N–C) groups is 1. The van der Waals surface area contributed by atoms with Crippen LogP contribution >= 0.6 is 0 Å². The number of hydrogen-bond donors (Lipinski definition) is 0. The normalized spacial score (nSPS) is 22.5. The molecule has 0 fully saturated rings. The fourth-order valence-electron chi connectivity index (χ4n) is 4.56. The first-order valence-corrected chi connectivity index (χ1v) is 10.4. The number of nitrogens with zero attached hydrogens (tertiary/aromatic N) is 1. The van der Waals surface area contributed by atoms with Gasteiger partial charge in [-0.15, -0.1) is 0 Å². The number of allylic oxidation sites excluding steroid dienone is 2. The van der Waals surface area contributed by atoms with Crippen LogP contribution in [0, 0.1) is 11.3 Å². The molecule has 0 spiro atoms. The lowest BCUT2D eigenvalue weighted by Gasteiger charge is -2.39. The maximum absolute atomic E-state index is 13.3. The molecule has 2 atom stereocenters. The Kier molecular flexibility index (Phi) is 6.84. The van der Waals surface area contributed by atoms with Crippen molar-refractivity contribution in [3.63, 3.8) is 0 Å². The van der Waals surface area contributed by atoms with Gasteiger partial charge in [-0.25, -0.2) is 0 Å². The summed E-state index contributed by atoms with van der Waals surface area (Å²) in [6.07, 6.45) is 1.06. The molecule has 3 rings (SSSR count). The molecule has 0 N–H and O–H groups in total. The third kappa shape index (κ3) is 4.51. The van der Waals surface area contributed by atoms with Gasteiger partial charge in [-0.2, -0.15) is 0 Å². The Labute approximate surface area is 183 Å². The van der Waals surface area contributed by atoms with Gasteiger partial charge in [0.1, 0.15) is 12.5 Å². The van der Waals surface area contributed by atoms with Crippen molar-refractivity contribution in [3.8, 4) is 11.5 Å². The standard InChI is InChI=1S/C24H31NO6/c1-14-19(23(27)31-11-10-28-4)20(15-8-7-9-18(29-5)22(15)30-6)21-16(25-14)12-24(2,3)13-17(21)26/h7-9,19-20H,10-13H2,1-6H3/t19?,20-/m0/s1. The summed E-state index contributed by atoms with van der Waals surface area (Å²) in [4.78, 5) is 31.2. The summed E-state index contributed by atoms with van der Waals surface area (Å²) in [6.45, 7) is 6.37. The van der Waals surface area contributed by atoms with E-state index in [2.05, 4.69) is 13.8 Å². The smallest absolute Gasteiger partial charge is 0.315 e. The van der Waals surface area contributed by atoms with Gasteiger partial charge in [-0.05, 0) is 24.8 Å². The summed E-state index contributed by atoms with van der Waals surface area (Å²) >= 11 is 0. The van der Waals surface area contributed by atoms with Crippen molar-refractivity contribution in [2.24, 2.45) is 16.3 Å². The Bertz CT molecular complexity index is 930. The van der Waals surface area contributed by atoms with Crippen LogP contribution in [0.25, 0.3) is 0 Å². The minimum absolute atomic E-state index is 0.00654. The Hall–Kier alpha value is -2.67. The highest BCUT2D eigenvalue weighted by Crippen LogP contribution is 2.50. The van der Waals surface area contributed by atoms with E-state index in [-0.39, 0.29) is 17.8 Å². The molecule has 7 nitrogen and oxygen atoms in total. The molecular weight excluding hydrogens is 398 g/mol. The molecule has 0 bridgehead atoms. The Morgan fingerprint density at radius 1 is 1.13 bits per heavy atom. The molecule has 0 saturated heterocycles. The number of carbonyl (C=O) groups excluding carboxylic acids is 2. The van der Waals surface area contributed by atoms with Gasteiger partial charge in [-0.1, -0.05) is 26.0 Å². The van der Waals surface area contributed by atoms with E-state index in [9.17, 15) is 9.59 Å². The largest absolute Gasteiger partial charge is 0.493 e. The van der Waals surface area contributed by atoms with E-state index in [0.717, 1.165) is 5.70 Å². The van der Waals surface area contributed by atoms with Gasteiger partial charge in [0.15, 0.2) is 17.3 Å². The Morgan fingerprint density at radius 2 is 1.87 bits per heavy atom. The van der Waals surface area contributed by atoms with Gasteiger partial charge in [0, 0.05) is 42.0 Å². The molecule has 1 aromatic carbocycles. The van der Waals surface area contributed by atoms with Crippen LogP contribution in [0.1, 0.15) is 45.1 Å². The van der Waals surface area contributed by atoms with Crippen molar-refractivity contribution in [1.29, 1.82) is 0 Å². The van der Waals surface area contributed by atoms with Crippen molar-refractivity contribution in [1.82, 2.24) is 0 Å². The molecule has 31 heavy (non-hydrogen) atoms. The second-order valence-corrected chi connectivity index (χ2v) is 8.75. The molecule has 0 aromatic heterocycles. The van der Waals surface area contributed by atoms with Crippen LogP contribution in [0.3, 0.4) is 0 Å². The van der Waals surface area contributed by atoms with Gasteiger partial charge in [0.2, 0.25) is 0 Å². The third-order valence-electron chi connectivity index (χ3n) is 5.86. The number of para-hydroxylation sites is 1. The number of benzene rings is 1. The van der Waals surface area contributed by atoms with E-state index in [1.807, 2.05) is 19.1 Å².